The molecule has 9 heteroatoms. The summed E-state index contributed by atoms with van der Waals surface area (Å²) in [6.45, 7) is 1.23. The number of carbonyl (C=O) groups excluding carboxylic acids is 1. The quantitative estimate of drug-likeness (QED) is 0.717. The van der Waals surface area contributed by atoms with Crippen molar-refractivity contribution in [3.63, 3.8) is 0 Å². The van der Waals surface area contributed by atoms with Gasteiger partial charge < -0.3 is 10.1 Å². The topological polar surface area (TPSA) is 75.7 Å². The predicted molar refractivity (Wildman–Crippen MR) is 117 cm³/mol. The molecule has 4 rings (SSSR count). The van der Waals surface area contributed by atoms with Crippen LogP contribution in [0, 0.1) is 0 Å². The summed E-state index contributed by atoms with van der Waals surface area (Å²) in [5.41, 5.74) is 0.676. The number of sulfonamides is 1. The summed E-state index contributed by atoms with van der Waals surface area (Å²) in [6.07, 6.45) is 2.41. The highest BCUT2D eigenvalue weighted by atomic mass is 35.5. The third kappa shape index (κ3) is 3.97. The third-order valence-electron chi connectivity index (χ3n) is 5.82. The molecule has 2 fully saturated rings. The largest absolute Gasteiger partial charge is 0.379 e. The highest BCUT2D eigenvalue weighted by Crippen LogP contribution is 2.45. The Hall–Kier alpha value is -1.64. The fraction of sp³-hybridized carbons (Fsp3) is 0.381. The second-order valence-corrected chi connectivity index (χ2v) is 10.3. The van der Waals surface area contributed by atoms with E-state index < -0.39 is 15.4 Å². The minimum atomic E-state index is -3.78. The van der Waals surface area contributed by atoms with E-state index >= 15 is 0 Å². The van der Waals surface area contributed by atoms with Crippen LogP contribution in [0.5, 0.6) is 0 Å². The number of carbonyl (C=O) groups is 1. The normalized spacial score (nSPS) is 19.1. The maximum Gasteiger partial charge on any atom is 0.244 e. The van der Waals surface area contributed by atoms with Crippen LogP contribution in [0.2, 0.25) is 10.0 Å². The second-order valence-electron chi connectivity index (χ2n) is 7.56. The smallest absolute Gasteiger partial charge is 0.244 e. The van der Waals surface area contributed by atoms with E-state index in [1.807, 2.05) is 12.1 Å². The highest BCUT2D eigenvalue weighted by Gasteiger charge is 2.45. The monoisotopic (exact) mass is 468 g/mol. The summed E-state index contributed by atoms with van der Waals surface area (Å²) in [6, 6.07) is 11.8. The van der Waals surface area contributed by atoms with Gasteiger partial charge in [0.05, 0.1) is 23.7 Å². The van der Waals surface area contributed by atoms with Gasteiger partial charge in [-0.3, -0.25) is 4.79 Å². The first kappa shape index (κ1) is 21.6. The van der Waals surface area contributed by atoms with Gasteiger partial charge in [0.1, 0.15) is 4.90 Å². The van der Waals surface area contributed by atoms with E-state index in [1.165, 1.54) is 16.4 Å². The zero-order chi connectivity index (χ0) is 21.4. The Morgan fingerprint density at radius 3 is 2.30 bits per heavy atom. The molecule has 1 heterocycles. The lowest BCUT2D eigenvalue weighted by Crippen LogP contribution is -2.46. The minimum absolute atomic E-state index is 0.0157. The van der Waals surface area contributed by atoms with Gasteiger partial charge in [0, 0.05) is 23.8 Å². The van der Waals surface area contributed by atoms with Crippen molar-refractivity contribution in [1.82, 2.24) is 4.31 Å². The number of nitrogens with zero attached hydrogens (tertiary/aromatic N) is 1. The fourth-order valence-electron chi connectivity index (χ4n) is 3.90. The van der Waals surface area contributed by atoms with Gasteiger partial charge in [0.15, 0.2) is 0 Å². The van der Waals surface area contributed by atoms with Crippen molar-refractivity contribution in [1.29, 1.82) is 0 Å². The number of hydrogen-bond acceptors (Lipinski definition) is 4. The lowest BCUT2D eigenvalue weighted by atomic mass is 9.64. The Balaban J connectivity index is 1.60. The predicted octanol–water partition coefficient (Wildman–Crippen LogP) is 4.07. The van der Waals surface area contributed by atoms with Gasteiger partial charge in [0.2, 0.25) is 15.9 Å². The van der Waals surface area contributed by atoms with Crippen molar-refractivity contribution in [3.05, 3.63) is 58.1 Å². The number of amides is 1. The molecule has 2 aromatic carbocycles. The van der Waals surface area contributed by atoms with E-state index in [2.05, 4.69) is 5.32 Å². The van der Waals surface area contributed by atoms with Gasteiger partial charge in [-0.25, -0.2) is 8.42 Å². The molecule has 0 spiro atoms. The lowest BCUT2D eigenvalue weighted by molar-refractivity contribution is -0.124. The first-order valence-corrected chi connectivity index (χ1v) is 12.0. The van der Waals surface area contributed by atoms with Crippen molar-refractivity contribution >= 4 is 44.8 Å². The standard InChI is InChI=1S/C21H22Cl2N2O4S/c22-16-4-2-15(3-5-16)21(8-1-9-21)20(26)24-17-6-7-18(23)19(14-17)30(27,28)25-10-12-29-13-11-25/h2-7,14H,1,8-13H2,(H,24,26). The molecule has 0 bridgehead atoms. The van der Waals surface area contributed by atoms with E-state index in [4.69, 9.17) is 27.9 Å². The van der Waals surface area contributed by atoms with Crippen molar-refractivity contribution < 1.29 is 17.9 Å². The first-order chi connectivity index (χ1) is 14.3. The summed E-state index contributed by atoms with van der Waals surface area (Å²) in [7, 11) is -3.78. The third-order valence-corrected chi connectivity index (χ3v) is 8.45. The molecule has 30 heavy (non-hydrogen) atoms. The molecule has 2 aromatic rings. The average Bonchev–Trinajstić information content (AvgIpc) is 2.70. The number of benzene rings is 2. The van der Waals surface area contributed by atoms with Crippen LogP contribution >= 0.6 is 23.2 Å². The molecular weight excluding hydrogens is 447 g/mol. The average molecular weight is 469 g/mol. The number of ether oxygens (including phenoxy) is 1. The van der Waals surface area contributed by atoms with Crippen molar-refractivity contribution in [2.45, 2.75) is 29.6 Å². The van der Waals surface area contributed by atoms with Crippen LogP contribution in [-0.4, -0.2) is 44.9 Å². The Labute approximate surface area is 186 Å². The lowest BCUT2D eigenvalue weighted by Gasteiger charge is -2.40. The van der Waals surface area contributed by atoms with Crippen molar-refractivity contribution in [2.24, 2.45) is 0 Å². The number of morpholine rings is 1. The zero-order valence-electron chi connectivity index (χ0n) is 16.2. The number of rotatable bonds is 5. The number of anilines is 1. The van der Waals surface area contributed by atoms with E-state index in [9.17, 15) is 13.2 Å². The molecule has 0 unspecified atom stereocenters. The highest BCUT2D eigenvalue weighted by molar-refractivity contribution is 7.89. The van der Waals surface area contributed by atoms with E-state index in [-0.39, 0.29) is 28.9 Å². The number of hydrogen-bond donors (Lipinski definition) is 1. The van der Waals surface area contributed by atoms with Crippen LogP contribution < -0.4 is 5.32 Å². The number of halogens is 2. The first-order valence-electron chi connectivity index (χ1n) is 9.78. The molecule has 2 aliphatic rings. The van der Waals surface area contributed by atoms with E-state index in [0.29, 0.717) is 23.9 Å². The van der Waals surface area contributed by atoms with Gasteiger partial charge in [-0.05, 0) is 48.7 Å². The molecule has 6 nitrogen and oxygen atoms in total. The molecule has 160 valence electrons. The van der Waals surface area contributed by atoms with Crippen LogP contribution in [0.25, 0.3) is 0 Å². The Bertz CT molecular complexity index is 1050. The molecule has 0 aromatic heterocycles. The SMILES string of the molecule is O=C(Nc1ccc(Cl)c(S(=O)(=O)N2CCOCC2)c1)C1(c2ccc(Cl)cc2)CCC1. The summed E-state index contributed by atoms with van der Waals surface area (Å²) in [4.78, 5) is 13.2. The van der Waals surface area contributed by atoms with Gasteiger partial charge >= 0.3 is 0 Å². The number of nitrogens with one attached hydrogen (secondary N) is 1. The molecule has 1 N–H and O–H groups in total. The zero-order valence-corrected chi connectivity index (χ0v) is 18.6. The maximum absolute atomic E-state index is 13.2. The molecule has 0 atom stereocenters. The molecule has 1 aliphatic heterocycles. The Morgan fingerprint density at radius 1 is 1.03 bits per heavy atom. The van der Waals surface area contributed by atoms with Crippen LogP contribution in [0.4, 0.5) is 5.69 Å². The van der Waals surface area contributed by atoms with Gasteiger partial charge in [-0.1, -0.05) is 41.8 Å². The summed E-state index contributed by atoms with van der Waals surface area (Å²) < 4.78 is 32.6. The van der Waals surface area contributed by atoms with Crippen LogP contribution in [-0.2, 0) is 25.0 Å². The molecule has 0 radical (unpaired) electrons. The summed E-state index contributed by atoms with van der Waals surface area (Å²) in [5, 5.41) is 3.64. The Morgan fingerprint density at radius 2 is 1.70 bits per heavy atom. The fourth-order valence-corrected chi connectivity index (χ4v) is 5.94. The molecule has 1 amide bonds. The molecule has 1 saturated carbocycles. The van der Waals surface area contributed by atoms with Crippen LogP contribution in [0.3, 0.4) is 0 Å². The van der Waals surface area contributed by atoms with Crippen molar-refractivity contribution in [2.75, 3.05) is 31.6 Å². The molecule has 1 saturated heterocycles. The van der Waals surface area contributed by atoms with Crippen molar-refractivity contribution in [3.8, 4) is 0 Å². The van der Waals surface area contributed by atoms with Crippen LogP contribution in [0.1, 0.15) is 24.8 Å². The minimum Gasteiger partial charge on any atom is -0.379 e. The van der Waals surface area contributed by atoms with Gasteiger partial charge in [-0.2, -0.15) is 4.31 Å². The summed E-state index contributed by atoms with van der Waals surface area (Å²) >= 11 is 12.2. The van der Waals surface area contributed by atoms with Gasteiger partial charge in [-0.15, -0.1) is 0 Å². The van der Waals surface area contributed by atoms with E-state index in [1.54, 1.807) is 18.2 Å². The Kier molecular flexibility index (Phi) is 6.10. The second kappa shape index (κ2) is 8.48. The molecular formula is C21H22Cl2N2O4S. The maximum atomic E-state index is 13.2. The van der Waals surface area contributed by atoms with Crippen LogP contribution in [0.15, 0.2) is 47.4 Å². The van der Waals surface area contributed by atoms with Gasteiger partial charge in [0.25, 0.3) is 0 Å². The molecule has 1 aliphatic carbocycles. The van der Waals surface area contributed by atoms with E-state index in [0.717, 1.165) is 24.8 Å². The summed E-state index contributed by atoms with van der Waals surface area (Å²) in [5.74, 6) is -0.159.